The molecule has 1 aliphatic heterocycles. The first kappa shape index (κ1) is 15.5. The van der Waals surface area contributed by atoms with Crippen molar-refractivity contribution in [3.8, 4) is 0 Å². The molecule has 0 unspecified atom stereocenters. The molecule has 8 heteroatoms. The SMILES string of the molecule is C=C(C)CN1CCN(S(=O)(=O)c2cccc3nsnc23)CC1. The van der Waals surface area contributed by atoms with Crippen molar-refractivity contribution in [1.29, 1.82) is 0 Å². The van der Waals surface area contributed by atoms with E-state index >= 15 is 0 Å². The van der Waals surface area contributed by atoms with Gasteiger partial charge in [-0.05, 0) is 19.1 Å². The van der Waals surface area contributed by atoms with E-state index in [1.54, 1.807) is 18.2 Å². The van der Waals surface area contributed by atoms with Gasteiger partial charge in [0.25, 0.3) is 0 Å². The zero-order valence-electron chi connectivity index (χ0n) is 12.4. The summed E-state index contributed by atoms with van der Waals surface area (Å²) >= 11 is 1.04. The van der Waals surface area contributed by atoms with Gasteiger partial charge in [0.1, 0.15) is 15.9 Å². The van der Waals surface area contributed by atoms with Gasteiger partial charge in [0.15, 0.2) is 0 Å². The van der Waals surface area contributed by atoms with Crippen LogP contribution in [0.5, 0.6) is 0 Å². The van der Waals surface area contributed by atoms with E-state index in [9.17, 15) is 8.42 Å². The molecule has 0 radical (unpaired) electrons. The van der Waals surface area contributed by atoms with E-state index in [1.807, 2.05) is 6.92 Å². The average molecular weight is 338 g/mol. The van der Waals surface area contributed by atoms with E-state index in [1.165, 1.54) is 4.31 Å². The minimum Gasteiger partial charge on any atom is -0.297 e. The van der Waals surface area contributed by atoms with Crippen molar-refractivity contribution in [2.75, 3.05) is 32.7 Å². The molecule has 0 aliphatic carbocycles. The van der Waals surface area contributed by atoms with Crippen LogP contribution in [0.25, 0.3) is 11.0 Å². The van der Waals surface area contributed by atoms with Gasteiger partial charge in [0, 0.05) is 32.7 Å². The van der Waals surface area contributed by atoms with Crippen LogP contribution in [-0.4, -0.2) is 59.1 Å². The second-order valence-corrected chi connectivity index (χ2v) is 7.96. The van der Waals surface area contributed by atoms with Crippen molar-refractivity contribution in [3.05, 3.63) is 30.4 Å². The molecule has 1 saturated heterocycles. The number of hydrogen-bond donors (Lipinski definition) is 0. The number of nitrogens with zero attached hydrogens (tertiary/aromatic N) is 4. The summed E-state index contributed by atoms with van der Waals surface area (Å²) in [6, 6.07) is 5.11. The van der Waals surface area contributed by atoms with E-state index in [0.717, 1.165) is 36.9 Å². The van der Waals surface area contributed by atoms with Crippen LogP contribution >= 0.6 is 11.7 Å². The molecule has 6 nitrogen and oxygen atoms in total. The maximum atomic E-state index is 12.9. The highest BCUT2D eigenvalue weighted by Gasteiger charge is 2.30. The summed E-state index contributed by atoms with van der Waals surface area (Å²) in [5.41, 5.74) is 2.19. The van der Waals surface area contributed by atoms with Crippen LogP contribution in [0.2, 0.25) is 0 Å². The van der Waals surface area contributed by atoms with Crippen molar-refractivity contribution in [3.63, 3.8) is 0 Å². The lowest BCUT2D eigenvalue weighted by atomic mass is 10.3. The summed E-state index contributed by atoms with van der Waals surface area (Å²) in [5.74, 6) is 0. The van der Waals surface area contributed by atoms with Crippen LogP contribution in [-0.2, 0) is 10.0 Å². The lowest BCUT2D eigenvalue weighted by Gasteiger charge is -2.34. The normalized spacial score (nSPS) is 17.9. The molecule has 118 valence electrons. The molecule has 2 aromatic rings. The molecule has 2 heterocycles. The fourth-order valence-corrected chi connectivity index (χ4v) is 4.81. The quantitative estimate of drug-likeness (QED) is 0.792. The van der Waals surface area contributed by atoms with Gasteiger partial charge in [0.05, 0.1) is 11.7 Å². The number of benzene rings is 1. The van der Waals surface area contributed by atoms with Crippen molar-refractivity contribution >= 4 is 32.8 Å². The maximum Gasteiger partial charge on any atom is 0.245 e. The van der Waals surface area contributed by atoms with Crippen molar-refractivity contribution < 1.29 is 8.42 Å². The average Bonchev–Trinajstić information content (AvgIpc) is 2.95. The van der Waals surface area contributed by atoms with Gasteiger partial charge in [-0.2, -0.15) is 13.1 Å². The van der Waals surface area contributed by atoms with Crippen LogP contribution in [0, 0.1) is 0 Å². The number of hydrogen-bond acceptors (Lipinski definition) is 6. The lowest BCUT2D eigenvalue weighted by molar-refractivity contribution is 0.201. The Hall–Kier alpha value is -1.35. The number of fused-ring (bicyclic) bond motifs is 1. The third-order valence-electron chi connectivity index (χ3n) is 3.69. The number of rotatable bonds is 4. The third-order valence-corrected chi connectivity index (χ3v) is 6.16. The molecule has 22 heavy (non-hydrogen) atoms. The molecule has 3 rings (SSSR count). The van der Waals surface area contributed by atoms with Gasteiger partial charge in [-0.15, -0.1) is 0 Å². The molecule has 1 aromatic carbocycles. The first-order valence-electron chi connectivity index (χ1n) is 7.06. The molecule has 1 aromatic heterocycles. The topological polar surface area (TPSA) is 66.4 Å². The molecule has 0 amide bonds. The summed E-state index contributed by atoms with van der Waals surface area (Å²) < 4.78 is 35.5. The molecular formula is C14H18N4O2S2. The molecular weight excluding hydrogens is 320 g/mol. The van der Waals surface area contributed by atoms with E-state index in [4.69, 9.17) is 0 Å². The fraction of sp³-hybridized carbons (Fsp3) is 0.429. The predicted octanol–water partition coefficient (Wildman–Crippen LogP) is 1.57. The molecule has 1 aliphatic rings. The van der Waals surface area contributed by atoms with Gasteiger partial charge in [-0.1, -0.05) is 18.2 Å². The monoisotopic (exact) mass is 338 g/mol. The maximum absolute atomic E-state index is 12.9. The van der Waals surface area contributed by atoms with Gasteiger partial charge in [0.2, 0.25) is 10.0 Å². The molecule has 1 fully saturated rings. The Kier molecular flexibility index (Phi) is 4.26. The van der Waals surface area contributed by atoms with E-state index < -0.39 is 10.0 Å². The highest BCUT2D eigenvalue weighted by molar-refractivity contribution is 7.89. The molecule has 0 N–H and O–H groups in total. The summed E-state index contributed by atoms with van der Waals surface area (Å²) in [6.07, 6.45) is 0. The largest absolute Gasteiger partial charge is 0.297 e. The first-order valence-corrected chi connectivity index (χ1v) is 9.24. The Morgan fingerprint density at radius 1 is 1.27 bits per heavy atom. The Bertz CT molecular complexity index is 792. The summed E-state index contributed by atoms with van der Waals surface area (Å²) in [7, 11) is -3.52. The Labute approximate surface area is 134 Å². The Balaban J connectivity index is 1.83. The van der Waals surface area contributed by atoms with Crippen molar-refractivity contribution in [1.82, 2.24) is 18.0 Å². The lowest BCUT2D eigenvalue weighted by Crippen LogP contribution is -2.48. The molecule has 0 saturated carbocycles. The fourth-order valence-electron chi connectivity index (χ4n) is 2.64. The molecule has 0 atom stereocenters. The van der Waals surface area contributed by atoms with Crippen molar-refractivity contribution in [2.45, 2.75) is 11.8 Å². The van der Waals surface area contributed by atoms with Gasteiger partial charge in [-0.3, -0.25) is 4.90 Å². The van der Waals surface area contributed by atoms with E-state index in [2.05, 4.69) is 20.2 Å². The van der Waals surface area contributed by atoms with Crippen LogP contribution in [0.3, 0.4) is 0 Å². The highest BCUT2D eigenvalue weighted by Crippen LogP contribution is 2.25. The number of sulfonamides is 1. The van der Waals surface area contributed by atoms with E-state index in [-0.39, 0.29) is 4.90 Å². The molecule has 0 spiro atoms. The second kappa shape index (κ2) is 6.04. The Morgan fingerprint density at radius 3 is 2.68 bits per heavy atom. The summed E-state index contributed by atoms with van der Waals surface area (Å²) in [5, 5.41) is 0. The molecule has 0 bridgehead atoms. The van der Waals surface area contributed by atoms with Crippen LogP contribution in [0.1, 0.15) is 6.92 Å². The predicted molar refractivity (Wildman–Crippen MR) is 87.4 cm³/mol. The smallest absolute Gasteiger partial charge is 0.245 e. The van der Waals surface area contributed by atoms with Crippen LogP contribution in [0.4, 0.5) is 0 Å². The van der Waals surface area contributed by atoms with Gasteiger partial charge in [-0.25, -0.2) is 8.42 Å². The number of aromatic nitrogens is 2. The zero-order valence-corrected chi connectivity index (χ0v) is 14.0. The van der Waals surface area contributed by atoms with Crippen LogP contribution < -0.4 is 0 Å². The standard InChI is InChI=1S/C14H18N4O2S2/c1-11(2)10-17-6-8-18(9-7-17)22(19,20)13-5-3-4-12-14(13)16-21-15-12/h3-5H,1,6-10H2,2H3. The van der Waals surface area contributed by atoms with Gasteiger partial charge >= 0.3 is 0 Å². The second-order valence-electron chi connectivity index (χ2n) is 5.53. The third kappa shape index (κ3) is 2.91. The summed E-state index contributed by atoms with van der Waals surface area (Å²) in [6.45, 7) is 9.13. The minimum atomic E-state index is -3.52. The van der Waals surface area contributed by atoms with Crippen LogP contribution in [0.15, 0.2) is 35.2 Å². The highest BCUT2D eigenvalue weighted by atomic mass is 32.2. The van der Waals surface area contributed by atoms with Gasteiger partial charge < -0.3 is 0 Å². The summed E-state index contributed by atoms with van der Waals surface area (Å²) in [4.78, 5) is 2.48. The zero-order chi connectivity index (χ0) is 15.7. The van der Waals surface area contributed by atoms with Crippen molar-refractivity contribution in [2.24, 2.45) is 0 Å². The van der Waals surface area contributed by atoms with E-state index in [0.29, 0.717) is 24.1 Å². The minimum absolute atomic E-state index is 0.257. The first-order chi connectivity index (χ1) is 10.5. The Morgan fingerprint density at radius 2 is 2.00 bits per heavy atom. The number of piperazine rings is 1.